The topological polar surface area (TPSA) is 62.2 Å². The summed E-state index contributed by atoms with van der Waals surface area (Å²) in [5.74, 6) is -0.0444. The van der Waals surface area contributed by atoms with Gasteiger partial charge >= 0.3 is 0 Å². The molecule has 7 heteroatoms. The lowest BCUT2D eigenvalue weighted by molar-refractivity contribution is -0.116. The number of hydrogen-bond acceptors (Lipinski definition) is 3. The Morgan fingerprint density at radius 3 is 2.56 bits per heavy atom. The van der Waals surface area contributed by atoms with Crippen LogP contribution in [0.4, 0.5) is 5.69 Å². The molecule has 1 amide bonds. The van der Waals surface area contributed by atoms with Crippen LogP contribution in [0.15, 0.2) is 109 Å². The van der Waals surface area contributed by atoms with Gasteiger partial charge < -0.3 is 20.1 Å². The minimum absolute atomic E-state index is 0.0444. The first-order valence-corrected chi connectivity index (χ1v) is 13.5. The van der Waals surface area contributed by atoms with Crippen LogP contribution in [-0.4, -0.2) is 32.0 Å². The van der Waals surface area contributed by atoms with Crippen LogP contribution in [0, 0.1) is 6.92 Å². The van der Waals surface area contributed by atoms with Gasteiger partial charge in [0.1, 0.15) is 0 Å². The normalized spacial score (nSPS) is 16.8. The van der Waals surface area contributed by atoms with Gasteiger partial charge in [0, 0.05) is 42.4 Å². The molecule has 0 aliphatic carbocycles. The molecule has 2 unspecified atom stereocenters. The monoisotopic (exact) mass is 531 g/mol. The van der Waals surface area contributed by atoms with E-state index in [9.17, 15) is 4.79 Å². The Balaban J connectivity index is 1.33. The fourth-order valence-corrected chi connectivity index (χ4v) is 5.64. The molecule has 1 saturated heterocycles. The summed E-state index contributed by atoms with van der Waals surface area (Å²) in [4.78, 5) is 19.7. The van der Waals surface area contributed by atoms with E-state index in [4.69, 9.17) is 12.2 Å². The SMILES string of the molecule is Cc1ccccc1NC(=O)CCN1C(=S)NC(c2ccccn2)C1c1cccn1-c1ccc2ccccc2c1. The summed E-state index contributed by atoms with van der Waals surface area (Å²) < 4.78 is 2.21. The highest BCUT2D eigenvalue weighted by Crippen LogP contribution is 2.39. The van der Waals surface area contributed by atoms with E-state index in [1.165, 1.54) is 10.8 Å². The second-order valence-corrected chi connectivity index (χ2v) is 10.2. The third-order valence-electron chi connectivity index (χ3n) is 7.29. The number of benzene rings is 3. The smallest absolute Gasteiger partial charge is 0.226 e. The van der Waals surface area contributed by atoms with Crippen LogP contribution >= 0.6 is 12.2 Å². The molecule has 2 atom stereocenters. The summed E-state index contributed by atoms with van der Waals surface area (Å²) in [5, 5.41) is 9.55. The van der Waals surface area contributed by atoms with Gasteiger partial charge in [-0.25, -0.2) is 0 Å². The van der Waals surface area contributed by atoms with Crippen LogP contribution in [0.25, 0.3) is 16.5 Å². The molecule has 6 rings (SSSR count). The molecule has 1 fully saturated rings. The number of amides is 1. The van der Waals surface area contributed by atoms with Crippen molar-refractivity contribution >= 4 is 39.7 Å². The summed E-state index contributed by atoms with van der Waals surface area (Å²) in [7, 11) is 0. The molecular formula is C32H29N5OS. The maximum absolute atomic E-state index is 13.0. The zero-order valence-corrected chi connectivity index (χ0v) is 22.4. The number of rotatable bonds is 7. The number of fused-ring (bicyclic) bond motifs is 1. The van der Waals surface area contributed by atoms with Crippen molar-refractivity contribution in [3.8, 4) is 5.69 Å². The van der Waals surface area contributed by atoms with E-state index in [0.29, 0.717) is 18.1 Å². The summed E-state index contributed by atoms with van der Waals surface area (Å²) in [6, 6.07) is 32.5. The second-order valence-electron chi connectivity index (χ2n) is 9.77. The molecule has 5 aromatic rings. The zero-order valence-electron chi connectivity index (χ0n) is 21.6. The van der Waals surface area contributed by atoms with Crippen LogP contribution in [0.1, 0.15) is 35.5 Å². The van der Waals surface area contributed by atoms with E-state index >= 15 is 0 Å². The molecule has 194 valence electrons. The van der Waals surface area contributed by atoms with Crippen LogP contribution < -0.4 is 10.6 Å². The molecule has 2 N–H and O–H groups in total. The molecule has 0 bridgehead atoms. The highest BCUT2D eigenvalue weighted by molar-refractivity contribution is 7.80. The summed E-state index contributed by atoms with van der Waals surface area (Å²) >= 11 is 5.84. The number of hydrogen-bond donors (Lipinski definition) is 2. The fourth-order valence-electron chi connectivity index (χ4n) is 5.31. The minimum Gasteiger partial charge on any atom is -0.352 e. The first-order chi connectivity index (χ1) is 19.1. The number of nitrogens with zero attached hydrogens (tertiary/aromatic N) is 3. The first-order valence-electron chi connectivity index (χ1n) is 13.1. The molecule has 1 aliphatic heterocycles. The van der Waals surface area contributed by atoms with Crippen LogP contribution in [-0.2, 0) is 4.79 Å². The molecule has 0 radical (unpaired) electrons. The van der Waals surface area contributed by atoms with Crippen molar-refractivity contribution in [2.75, 3.05) is 11.9 Å². The van der Waals surface area contributed by atoms with Gasteiger partial charge in [-0.1, -0.05) is 54.6 Å². The predicted molar refractivity (Wildman–Crippen MR) is 160 cm³/mol. The standard InChI is InChI=1S/C32H29N5OS/c1-22-9-2-5-12-26(22)34-29(38)17-20-37-31(30(35-32(37)39)27-13-6-7-18-33-27)28-14-8-19-36(28)25-16-15-23-10-3-4-11-24(23)21-25/h2-16,18-19,21,30-31H,17,20H2,1H3,(H,34,38)(H,35,39). The summed E-state index contributed by atoms with van der Waals surface area (Å²) in [6.45, 7) is 2.46. The quantitative estimate of drug-likeness (QED) is 0.240. The predicted octanol–water partition coefficient (Wildman–Crippen LogP) is 6.34. The van der Waals surface area contributed by atoms with Gasteiger partial charge in [0.15, 0.2) is 5.11 Å². The van der Waals surface area contributed by atoms with Crippen molar-refractivity contribution in [3.63, 3.8) is 0 Å². The lowest BCUT2D eigenvalue weighted by Crippen LogP contribution is -2.33. The third kappa shape index (κ3) is 5.01. The average Bonchev–Trinajstić information content (AvgIpc) is 3.57. The third-order valence-corrected chi connectivity index (χ3v) is 7.64. The Kier molecular flexibility index (Phi) is 6.82. The molecule has 3 heterocycles. The van der Waals surface area contributed by atoms with Gasteiger partial charge in [0.2, 0.25) is 5.91 Å². The van der Waals surface area contributed by atoms with Crippen molar-refractivity contribution in [1.82, 2.24) is 19.8 Å². The van der Waals surface area contributed by atoms with Crippen LogP contribution in [0.5, 0.6) is 0 Å². The van der Waals surface area contributed by atoms with Crippen molar-refractivity contribution in [3.05, 3.63) is 126 Å². The number of para-hydroxylation sites is 1. The number of aryl methyl sites for hydroxylation is 1. The number of pyridine rings is 1. The molecule has 3 aromatic carbocycles. The Bertz CT molecular complexity index is 1650. The maximum Gasteiger partial charge on any atom is 0.226 e. The van der Waals surface area contributed by atoms with Crippen molar-refractivity contribution < 1.29 is 4.79 Å². The largest absolute Gasteiger partial charge is 0.352 e. The number of carbonyl (C=O) groups is 1. The van der Waals surface area contributed by atoms with Crippen LogP contribution in [0.3, 0.4) is 0 Å². The minimum atomic E-state index is -0.160. The van der Waals surface area contributed by atoms with E-state index < -0.39 is 0 Å². The van der Waals surface area contributed by atoms with E-state index in [1.54, 1.807) is 6.20 Å². The van der Waals surface area contributed by atoms with Crippen molar-refractivity contribution in [2.24, 2.45) is 0 Å². The Hall–Kier alpha value is -4.49. The van der Waals surface area contributed by atoms with E-state index in [0.717, 1.165) is 28.3 Å². The lowest BCUT2D eigenvalue weighted by atomic mass is 10.0. The van der Waals surface area contributed by atoms with Gasteiger partial charge in [-0.05, 0) is 77.9 Å². The Labute approximate surface area is 233 Å². The molecule has 39 heavy (non-hydrogen) atoms. The fraction of sp³-hybridized carbons (Fsp3) is 0.156. The molecule has 1 aliphatic rings. The Morgan fingerprint density at radius 2 is 1.74 bits per heavy atom. The summed E-state index contributed by atoms with van der Waals surface area (Å²) in [6.07, 6.45) is 4.19. The number of carbonyl (C=O) groups excluding carboxylic acids is 1. The van der Waals surface area contributed by atoms with Crippen LogP contribution in [0.2, 0.25) is 0 Å². The molecular weight excluding hydrogens is 502 g/mol. The summed E-state index contributed by atoms with van der Waals surface area (Å²) in [5.41, 5.74) is 4.92. The van der Waals surface area contributed by atoms with Gasteiger partial charge in [0.05, 0.1) is 17.8 Å². The molecule has 0 saturated carbocycles. The van der Waals surface area contributed by atoms with Gasteiger partial charge in [0.25, 0.3) is 0 Å². The number of thiocarbonyl (C=S) groups is 1. The molecule has 0 spiro atoms. The molecule has 6 nitrogen and oxygen atoms in total. The van der Waals surface area contributed by atoms with Gasteiger partial charge in [-0.15, -0.1) is 0 Å². The number of nitrogens with one attached hydrogen (secondary N) is 2. The van der Waals surface area contributed by atoms with Crippen molar-refractivity contribution in [1.29, 1.82) is 0 Å². The van der Waals surface area contributed by atoms with E-state index in [1.807, 2.05) is 49.4 Å². The molecule has 2 aromatic heterocycles. The second kappa shape index (κ2) is 10.7. The van der Waals surface area contributed by atoms with Gasteiger partial charge in [-0.3, -0.25) is 9.78 Å². The maximum atomic E-state index is 13.0. The van der Waals surface area contributed by atoms with E-state index in [-0.39, 0.29) is 18.0 Å². The first kappa shape index (κ1) is 24.8. The number of anilines is 1. The Morgan fingerprint density at radius 1 is 0.949 bits per heavy atom. The number of aromatic nitrogens is 2. The highest BCUT2D eigenvalue weighted by Gasteiger charge is 2.41. The van der Waals surface area contributed by atoms with Gasteiger partial charge in [-0.2, -0.15) is 0 Å². The van der Waals surface area contributed by atoms with E-state index in [2.05, 4.69) is 85.9 Å². The van der Waals surface area contributed by atoms with Crippen molar-refractivity contribution in [2.45, 2.75) is 25.4 Å². The highest BCUT2D eigenvalue weighted by atomic mass is 32.1. The average molecular weight is 532 g/mol. The zero-order chi connectivity index (χ0) is 26.8. The lowest BCUT2D eigenvalue weighted by Gasteiger charge is -2.29.